The molecule has 4 heteroatoms. The Hall–Kier alpha value is -9.25. The Morgan fingerprint density at radius 2 is 0.754 bits per heavy atom. The lowest BCUT2D eigenvalue weighted by atomic mass is 9.90. The van der Waals surface area contributed by atoms with Crippen molar-refractivity contribution in [1.82, 2.24) is 15.0 Å². The molecule has 3 heterocycles. The van der Waals surface area contributed by atoms with Gasteiger partial charge < -0.3 is 4.42 Å². The number of aromatic nitrogens is 3. The summed E-state index contributed by atoms with van der Waals surface area (Å²) in [7, 11) is 0. The van der Waals surface area contributed by atoms with Crippen LogP contribution in [0.4, 0.5) is 0 Å². The van der Waals surface area contributed by atoms with Gasteiger partial charge in [-0.1, -0.05) is 182 Å². The Kier molecular flexibility index (Phi) is 8.86. The number of benzene rings is 11. The van der Waals surface area contributed by atoms with Gasteiger partial charge in [-0.25, -0.2) is 9.97 Å². The fourth-order valence-electron chi connectivity index (χ4n) is 10.7. The summed E-state index contributed by atoms with van der Waals surface area (Å²) in [5.74, 6) is 0. The number of furan rings is 1. The van der Waals surface area contributed by atoms with Gasteiger partial charge in [0.25, 0.3) is 0 Å². The number of pyridine rings is 1. The van der Waals surface area contributed by atoms with E-state index in [1.807, 2.05) is 6.20 Å². The first-order valence-corrected chi connectivity index (χ1v) is 23.4. The van der Waals surface area contributed by atoms with Gasteiger partial charge in [-0.15, -0.1) is 0 Å². The van der Waals surface area contributed by atoms with Gasteiger partial charge in [-0.3, -0.25) is 4.98 Å². The topological polar surface area (TPSA) is 51.8 Å². The van der Waals surface area contributed by atoms with Crippen molar-refractivity contribution in [2.24, 2.45) is 0 Å². The minimum atomic E-state index is 0.790. The number of rotatable bonds is 6. The number of nitrogens with zero attached hydrogens (tertiary/aromatic N) is 3. The monoisotopic (exact) mass is 877 g/mol. The van der Waals surface area contributed by atoms with Gasteiger partial charge >= 0.3 is 0 Å². The zero-order valence-electron chi connectivity index (χ0n) is 37.3. The van der Waals surface area contributed by atoms with Crippen molar-refractivity contribution in [3.8, 4) is 67.2 Å². The molecule has 0 aliphatic carbocycles. The summed E-state index contributed by atoms with van der Waals surface area (Å²) in [5, 5.41) is 11.5. The summed E-state index contributed by atoms with van der Waals surface area (Å²) in [6.07, 6.45) is 1.94. The van der Waals surface area contributed by atoms with Crippen LogP contribution in [0.15, 0.2) is 241 Å². The van der Waals surface area contributed by atoms with E-state index in [0.717, 1.165) is 116 Å². The normalized spacial score (nSPS) is 11.8. The van der Waals surface area contributed by atoms with Crippen molar-refractivity contribution in [1.29, 1.82) is 0 Å². The third-order valence-corrected chi connectivity index (χ3v) is 13.8. The summed E-state index contributed by atoms with van der Waals surface area (Å²) < 4.78 is 6.65. The average molecular weight is 878 g/mol. The van der Waals surface area contributed by atoms with Gasteiger partial charge in [0, 0.05) is 38.2 Å². The number of fused-ring (bicyclic) bond motifs is 12. The largest absolute Gasteiger partial charge is 0.456 e. The van der Waals surface area contributed by atoms with Crippen LogP contribution in [0, 0.1) is 0 Å². The van der Waals surface area contributed by atoms with Crippen molar-refractivity contribution < 1.29 is 4.42 Å². The van der Waals surface area contributed by atoms with Crippen molar-refractivity contribution >= 4 is 76.1 Å². The van der Waals surface area contributed by atoms with E-state index in [1.165, 1.54) is 26.9 Å². The Labute approximate surface area is 397 Å². The fraction of sp³-hybridized carbons (Fsp3) is 0. The number of hydrogen-bond acceptors (Lipinski definition) is 4. The molecule has 0 amide bonds. The van der Waals surface area contributed by atoms with Crippen LogP contribution in [0.2, 0.25) is 0 Å². The molecule has 0 radical (unpaired) electrons. The molecule has 0 N–H and O–H groups in total. The maximum Gasteiger partial charge on any atom is 0.136 e. The summed E-state index contributed by atoms with van der Waals surface area (Å²) in [5.41, 5.74) is 15.5. The molecular formula is C65H39N3O. The van der Waals surface area contributed by atoms with Crippen LogP contribution in [-0.4, -0.2) is 15.0 Å². The molecular weight excluding hydrogens is 839 g/mol. The van der Waals surface area contributed by atoms with Crippen LogP contribution in [0.3, 0.4) is 0 Å². The minimum absolute atomic E-state index is 0.790. The van der Waals surface area contributed by atoms with E-state index in [0.29, 0.717) is 0 Å². The minimum Gasteiger partial charge on any atom is -0.456 e. The molecule has 0 fully saturated rings. The van der Waals surface area contributed by atoms with Crippen molar-refractivity contribution in [3.63, 3.8) is 0 Å². The molecule has 0 aliphatic rings. The van der Waals surface area contributed by atoms with Crippen LogP contribution in [-0.2, 0) is 0 Å². The molecule has 0 unspecified atom stereocenters. The van der Waals surface area contributed by atoms with E-state index in [2.05, 4.69) is 231 Å². The molecule has 0 saturated carbocycles. The highest BCUT2D eigenvalue weighted by atomic mass is 16.3. The lowest BCUT2D eigenvalue weighted by molar-refractivity contribution is 0.669. The van der Waals surface area contributed by atoms with E-state index in [1.54, 1.807) is 0 Å². The van der Waals surface area contributed by atoms with Gasteiger partial charge in [0.05, 0.1) is 34.3 Å². The Balaban J connectivity index is 1.05. The summed E-state index contributed by atoms with van der Waals surface area (Å²) >= 11 is 0. The van der Waals surface area contributed by atoms with E-state index in [4.69, 9.17) is 19.4 Å². The first kappa shape index (κ1) is 39.0. The van der Waals surface area contributed by atoms with Crippen LogP contribution in [0.5, 0.6) is 0 Å². The summed E-state index contributed by atoms with van der Waals surface area (Å²) in [6.45, 7) is 0. The Morgan fingerprint density at radius 3 is 1.42 bits per heavy atom. The standard InChI is InChI=1S/C65H39N3O/c1-3-17-40(18-4-1)48-29-15-31-60-62(48)63-49(30-16-32-61(63)69-60)44-37-57(41-19-5-2-6-20-41)67-58(38-44)45-33-43(56-36-42-21-7-8-22-47(42)50-23-9-10-26-53(50)56)34-46(35-45)59-39-66-64-54-27-13-11-24-51(54)52-25-12-14-28-55(52)65(64)68-59/h1-39H. The molecule has 0 aliphatic heterocycles. The van der Waals surface area contributed by atoms with Crippen molar-refractivity contribution in [3.05, 3.63) is 237 Å². The molecule has 4 nitrogen and oxygen atoms in total. The van der Waals surface area contributed by atoms with E-state index in [9.17, 15) is 0 Å². The molecule has 3 aromatic heterocycles. The van der Waals surface area contributed by atoms with Crippen molar-refractivity contribution in [2.45, 2.75) is 0 Å². The SMILES string of the molecule is c1ccc(-c2cc(-c3cccc4oc5cccc(-c6ccccc6)c5c34)cc(-c3cc(-c4cnc5c6ccccc6c6ccccc6c5n4)cc(-c4cc5ccccc5c5ccccc45)c3)n2)cc1. The maximum atomic E-state index is 6.65. The van der Waals surface area contributed by atoms with Crippen LogP contribution >= 0.6 is 0 Å². The first-order valence-electron chi connectivity index (χ1n) is 23.4. The summed E-state index contributed by atoms with van der Waals surface area (Å²) in [4.78, 5) is 16.3. The second-order valence-electron chi connectivity index (χ2n) is 17.9. The highest BCUT2D eigenvalue weighted by Crippen LogP contribution is 2.45. The van der Waals surface area contributed by atoms with E-state index in [-0.39, 0.29) is 0 Å². The van der Waals surface area contributed by atoms with Gasteiger partial charge in [-0.05, 0) is 114 Å². The maximum absolute atomic E-state index is 6.65. The molecule has 14 rings (SSSR count). The smallest absolute Gasteiger partial charge is 0.136 e. The molecule has 0 saturated heterocycles. The quantitative estimate of drug-likeness (QED) is 0.156. The second kappa shape index (κ2) is 15.7. The predicted octanol–water partition coefficient (Wildman–Crippen LogP) is 17.5. The summed E-state index contributed by atoms with van der Waals surface area (Å²) in [6, 6.07) is 81.9. The first-order chi connectivity index (χ1) is 34.2. The van der Waals surface area contributed by atoms with Gasteiger partial charge in [0.2, 0.25) is 0 Å². The zero-order valence-corrected chi connectivity index (χ0v) is 37.3. The highest BCUT2D eigenvalue weighted by molar-refractivity contribution is 6.23. The van der Waals surface area contributed by atoms with Gasteiger partial charge in [0.15, 0.2) is 0 Å². The molecule has 320 valence electrons. The molecule has 11 aromatic carbocycles. The Bertz CT molecular complexity index is 4330. The molecule has 0 spiro atoms. The molecule has 0 atom stereocenters. The van der Waals surface area contributed by atoms with E-state index < -0.39 is 0 Å². The highest BCUT2D eigenvalue weighted by Gasteiger charge is 2.21. The van der Waals surface area contributed by atoms with Gasteiger partial charge in [-0.2, -0.15) is 0 Å². The Morgan fingerprint density at radius 1 is 0.275 bits per heavy atom. The second-order valence-corrected chi connectivity index (χ2v) is 17.9. The van der Waals surface area contributed by atoms with Gasteiger partial charge in [0.1, 0.15) is 11.2 Å². The third kappa shape index (κ3) is 6.41. The lowest BCUT2D eigenvalue weighted by Gasteiger charge is -2.16. The molecule has 69 heavy (non-hydrogen) atoms. The van der Waals surface area contributed by atoms with Crippen LogP contribution in [0.1, 0.15) is 0 Å². The van der Waals surface area contributed by atoms with Crippen LogP contribution in [0.25, 0.3) is 143 Å². The zero-order chi connectivity index (χ0) is 45.4. The lowest BCUT2D eigenvalue weighted by Crippen LogP contribution is -1.95. The van der Waals surface area contributed by atoms with Crippen molar-refractivity contribution in [2.75, 3.05) is 0 Å². The molecule has 14 aromatic rings. The fourth-order valence-corrected chi connectivity index (χ4v) is 10.7. The number of hydrogen-bond donors (Lipinski definition) is 0. The average Bonchev–Trinajstić information content (AvgIpc) is 3.82. The van der Waals surface area contributed by atoms with Crippen LogP contribution < -0.4 is 0 Å². The van der Waals surface area contributed by atoms with E-state index >= 15 is 0 Å². The molecule has 0 bridgehead atoms. The predicted molar refractivity (Wildman–Crippen MR) is 287 cm³/mol. The third-order valence-electron chi connectivity index (χ3n) is 13.8.